The maximum Gasteiger partial charge on any atom is 0.373 e. The summed E-state index contributed by atoms with van der Waals surface area (Å²) in [5.41, 5.74) is 0. The molecule has 0 fully saturated rings. The van der Waals surface area contributed by atoms with Crippen molar-refractivity contribution in [2.24, 2.45) is 0 Å². The molecule has 7 nitrogen and oxygen atoms in total. The Bertz CT molecular complexity index is 610. The van der Waals surface area contributed by atoms with Crippen LogP contribution in [0, 0.1) is 0 Å². The van der Waals surface area contributed by atoms with Crippen LogP contribution in [0.25, 0.3) is 0 Å². The third kappa shape index (κ3) is 3.95. The Labute approximate surface area is 122 Å². The van der Waals surface area contributed by atoms with Crippen LogP contribution in [-0.4, -0.2) is 29.2 Å². The van der Waals surface area contributed by atoms with Crippen LogP contribution in [0.3, 0.4) is 0 Å². The van der Waals surface area contributed by atoms with Gasteiger partial charge in [0.2, 0.25) is 5.76 Å². The van der Waals surface area contributed by atoms with E-state index in [9.17, 15) is 4.79 Å². The van der Waals surface area contributed by atoms with E-state index in [4.69, 9.17) is 9.15 Å². The second kappa shape index (κ2) is 6.74. The molecule has 112 valence electrons. The average molecular weight is 291 g/mol. The van der Waals surface area contributed by atoms with Crippen LogP contribution >= 0.6 is 0 Å². The number of aromatic nitrogens is 2. The molecule has 0 amide bonds. The molecule has 1 N–H and O–H groups in total. The van der Waals surface area contributed by atoms with E-state index in [0.717, 1.165) is 0 Å². The van der Waals surface area contributed by atoms with E-state index in [0.29, 0.717) is 24.0 Å². The number of rotatable bonds is 6. The Morgan fingerprint density at radius 3 is 2.81 bits per heavy atom. The SMILES string of the molecule is COC(=O)c1ccc(CNc2nccnc2OC(C)C)o1. The van der Waals surface area contributed by atoms with Gasteiger partial charge in [-0.1, -0.05) is 0 Å². The molecule has 0 saturated heterocycles. The third-order valence-electron chi connectivity index (χ3n) is 2.49. The van der Waals surface area contributed by atoms with E-state index in [-0.39, 0.29) is 11.9 Å². The van der Waals surface area contributed by atoms with Crippen molar-refractivity contribution in [1.29, 1.82) is 0 Å². The molecular formula is C14H17N3O4. The number of carbonyl (C=O) groups excluding carboxylic acids is 1. The molecule has 0 aliphatic rings. The first kappa shape index (κ1) is 14.8. The summed E-state index contributed by atoms with van der Waals surface area (Å²) in [6.45, 7) is 4.17. The van der Waals surface area contributed by atoms with Gasteiger partial charge in [0.25, 0.3) is 5.88 Å². The van der Waals surface area contributed by atoms with E-state index in [1.807, 2.05) is 13.8 Å². The van der Waals surface area contributed by atoms with Crippen LogP contribution in [0.15, 0.2) is 28.9 Å². The highest BCUT2D eigenvalue weighted by Gasteiger charge is 2.12. The molecule has 0 aromatic carbocycles. The molecule has 0 bridgehead atoms. The molecule has 0 aliphatic carbocycles. The van der Waals surface area contributed by atoms with Gasteiger partial charge in [0, 0.05) is 12.4 Å². The molecule has 0 spiro atoms. The Kier molecular flexibility index (Phi) is 4.76. The second-order valence-electron chi connectivity index (χ2n) is 4.49. The second-order valence-corrected chi connectivity index (χ2v) is 4.49. The molecule has 0 radical (unpaired) electrons. The monoisotopic (exact) mass is 291 g/mol. The fourth-order valence-electron chi connectivity index (χ4n) is 1.61. The van der Waals surface area contributed by atoms with E-state index < -0.39 is 5.97 Å². The highest BCUT2D eigenvalue weighted by Crippen LogP contribution is 2.20. The molecule has 0 aliphatic heterocycles. The number of nitrogens with zero attached hydrogens (tertiary/aromatic N) is 2. The number of ether oxygens (including phenoxy) is 2. The Morgan fingerprint density at radius 2 is 2.10 bits per heavy atom. The lowest BCUT2D eigenvalue weighted by Gasteiger charge is -2.12. The van der Waals surface area contributed by atoms with Crippen LogP contribution in [0.5, 0.6) is 5.88 Å². The fourth-order valence-corrected chi connectivity index (χ4v) is 1.61. The number of hydrogen-bond donors (Lipinski definition) is 1. The van der Waals surface area contributed by atoms with Gasteiger partial charge in [0.1, 0.15) is 5.76 Å². The molecule has 2 rings (SSSR count). The van der Waals surface area contributed by atoms with Crippen molar-refractivity contribution in [3.8, 4) is 5.88 Å². The number of nitrogens with one attached hydrogen (secondary N) is 1. The van der Waals surface area contributed by atoms with Gasteiger partial charge in [-0.05, 0) is 26.0 Å². The van der Waals surface area contributed by atoms with E-state index >= 15 is 0 Å². The Hall–Kier alpha value is -2.57. The van der Waals surface area contributed by atoms with Crippen molar-refractivity contribution in [3.63, 3.8) is 0 Å². The first-order valence-electron chi connectivity index (χ1n) is 6.48. The summed E-state index contributed by atoms with van der Waals surface area (Å²) in [7, 11) is 1.30. The number of furan rings is 1. The molecule has 21 heavy (non-hydrogen) atoms. The van der Waals surface area contributed by atoms with Crippen molar-refractivity contribution < 1.29 is 18.7 Å². The Balaban J connectivity index is 2.03. The maximum atomic E-state index is 11.3. The zero-order valence-corrected chi connectivity index (χ0v) is 12.1. The van der Waals surface area contributed by atoms with Crippen LogP contribution in [-0.2, 0) is 11.3 Å². The topological polar surface area (TPSA) is 86.5 Å². The first-order valence-corrected chi connectivity index (χ1v) is 6.48. The lowest BCUT2D eigenvalue weighted by molar-refractivity contribution is 0.0563. The van der Waals surface area contributed by atoms with E-state index in [1.165, 1.54) is 7.11 Å². The summed E-state index contributed by atoms with van der Waals surface area (Å²) >= 11 is 0. The van der Waals surface area contributed by atoms with Gasteiger partial charge in [0.05, 0.1) is 19.8 Å². The summed E-state index contributed by atoms with van der Waals surface area (Å²) < 4.78 is 15.5. The summed E-state index contributed by atoms with van der Waals surface area (Å²) in [6, 6.07) is 3.25. The molecule has 0 atom stereocenters. The minimum absolute atomic E-state index is 0.00297. The van der Waals surface area contributed by atoms with Gasteiger partial charge in [-0.2, -0.15) is 0 Å². The van der Waals surface area contributed by atoms with Crippen LogP contribution in [0.1, 0.15) is 30.2 Å². The predicted molar refractivity (Wildman–Crippen MR) is 75.2 cm³/mol. The average Bonchev–Trinajstić information content (AvgIpc) is 2.94. The highest BCUT2D eigenvalue weighted by molar-refractivity contribution is 5.86. The zero-order chi connectivity index (χ0) is 15.2. The van der Waals surface area contributed by atoms with E-state index in [1.54, 1.807) is 24.5 Å². The first-order chi connectivity index (χ1) is 10.1. The normalized spacial score (nSPS) is 10.5. The standard InChI is InChI=1S/C14H17N3O4/c1-9(2)20-13-12(15-6-7-16-13)17-8-10-4-5-11(21-10)14(18)19-3/h4-7,9H,8H2,1-3H3,(H,15,17). The summed E-state index contributed by atoms with van der Waals surface area (Å²) in [5, 5.41) is 3.06. The van der Waals surface area contributed by atoms with Crippen LogP contribution in [0.2, 0.25) is 0 Å². The fraction of sp³-hybridized carbons (Fsp3) is 0.357. The number of anilines is 1. The molecule has 0 saturated carbocycles. The number of esters is 1. The molecule has 7 heteroatoms. The van der Waals surface area contributed by atoms with Crippen LogP contribution in [0.4, 0.5) is 5.82 Å². The number of methoxy groups -OCH3 is 1. The number of hydrogen-bond acceptors (Lipinski definition) is 7. The molecule has 2 aromatic rings. The van der Waals surface area contributed by atoms with Crippen molar-refractivity contribution >= 4 is 11.8 Å². The van der Waals surface area contributed by atoms with Crippen molar-refractivity contribution in [2.45, 2.75) is 26.5 Å². The highest BCUT2D eigenvalue weighted by atomic mass is 16.5. The summed E-state index contributed by atoms with van der Waals surface area (Å²) in [6.07, 6.45) is 3.12. The van der Waals surface area contributed by atoms with Gasteiger partial charge in [-0.15, -0.1) is 0 Å². The van der Waals surface area contributed by atoms with Gasteiger partial charge >= 0.3 is 5.97 Å². The van der Waals surface area contributed by atoms with Gasteiger partial charge in [-0.3, -0.25) is 0 Å². The minimum Gasteiger partial charge on any atom is -0.472 e. The Morgan fingerprint density at radius 1 is 1.33 bits per heavy atom. The molecular weight excluding hydrogens is 274 g/mol. The van der Waals surface area contributed by atoms with Gasteiger partial charge in [-0.25, -0.2) is 14.8 Å². The van der Waals surface area contributed by atoms with E-state index in [2.05, 4.69) is 20.0 Å². The van der Waals surface area contributed by atoms with Gasteiger partial charge < -0.3 is 19.2 Å². The predicted octanol–water partition coefficient (Wildman–Crippen LogP) is 2.26. The van der Waals surface area contributed by atoms with Crippen molar-refractivity contribution in [2.75, 3.05) is 12.4 Å². The summed E-state index contributed by atoms with van der Waals surface area (Å²) in [5.74, 6) is 1.17. The van der Waals surface area contributed by atoms with Gasteiger partial charge in [0.15, 0.2) is 5.82 Å². The van der Waals surface area contributed by atoms with Crippen LogP contribution < -0.4 is 10.1 Å². The molecule has 2 heterocycles. The third-order valence-corrected chi connectivity index (χ3v) is 2.49. The smallest absolute Gasteiger partial charge is 0.373 e. The van der Waals surface area contributed by atoms with Crippen molar-refractivity contribution in [1.82, 2.24) is 9.97 Å². The largest absolute Gasteiger partial charge is 0.472 e. The number of carbonyl (C=O) groups is 1. The zero-order valence-electron chi connectivity index (χ0n) is 12.1. The quantitative estimate of drug-likeness (QED) is 0.817. The lowest BCUT2D eigenvalue weighted by atomic mass is 10.4. The molecule has 2 aromatic heterocycles. The minimum atomic E-state index is -0.510. The molecule has 0 unspecified atom stereocenters. The lowest BCUT2D eigenvalue weighted by Crippen LogP contribution is -2.11. The van der Waals surface area contributed by atoms with Crippen molar-refractivity contribution in [3.05, 3.63) is 36.0 Å². The maximum absolute atomic E-state index is 11.3. The summed E-state index contributed by atoms with van der Waals surface area (Å²) in [4.78, 5) is 19.6.